The van der Waals surface area contributed by atoms with E-state index in [0.717, 1.165) is 0 Å². The summed E-state index contributed by atoms with van der Waals surface area (Å²) in [6.07, 6.45) is 0.687. The third kappa shape index (κ3) is 3.67. The fourth-order valence-corrected chi connectivity index (χ4v) is 1.19. The number of halogens is 1. The maximum absolute atomic E-state index is 10.9. The molecule has 0 aromatic heterocycles. The first kappa shape index (κ1) is 12.7. The standard InChI is InChI=1S/C13H13ClO2/c1-9(10(2)15)3-8-13(16)11-4-6-12(14)7-5-11/h4-8,13,16H,1-2H3. The van der Waals surface area contributed by atoms with Crippen LogP contribution in [0.3, 0.4) is 0 Å². The molecule has 0 radical (unpaired) electrons. The Kier molecular flexibility index (Phi) is 4.51. The van der Waals surface area contributed by atoms with E-state index < -0.39 is 6.10 Å². The molecule has 0 aliphatic rings. The lowest BCUT2D eigenvalue weighted by molar-refractivity contribution is -0.113. The van der Waals surface area contributed by atoms with Crippen molar-refractivity contribution in [2.24, 2.45) is 0 Å². The summed E-state index contributed by atoms with van der Waals surface area (Å²) in [4.78, 5) is 10.9. The van der Waals surface area contributed by atoms with Gasteiger partial charge >= 0.3 is 0 Å². The normalized spacial score (nSPS) is 11.5. The van der Waals surface area contributed by atoms with E-state index in [1.165, 1.54) is 13.0 Å². The maximum atomic E-state index is 10.9. The number of rotatable bonds is 3. The van der Waals surface area contributed by atoms with Gasteiger partial charge in [0.15, 0.2) is 5.78 Å². The summed E-state index contributed by atoms with van der Waals surface area (Å²) >= 11 is 5.73. The van der Waals surface area contributed by atoms with Gasteiger partial charge in [0.05, 0.1) is 0 Å². The smallest absolute Gasteiger partial charge is 0.163 e. The van der Waals surface area contributed by atoms with Crippen molar-refractivity contribution in [1.82, 2.24) is 0 Å². The lowest BCUT2D eigenvalue weighted by atomic mass is 10.1. The molecule has 1 N–H and O–H groups in total. The molecule has 0 saturated carbocycles. The Hall–Kier alpha value is -1.34. The number of hydrogen-bond acceptors (Lipinski definition) is 2. The van der Waals surface area contributed by atoms with Gasteiger partial charge in [-0.15, -0.1) is 5.73 Å². The van der Waals surface area contributed by atoms with Crippen molar-refractivity contribution in [3.8, 4) is 0 Å². The van der Waals surface area contributed by atoms with Gasteiger partial charge in [0, 0.05) is 10.6 Å². The Morgan fingerprint density at radius 3 is 2.44 bits per heavy atom. The van der Waals surface area contributed by atoms with Crippen LogP contribution in [-0.4, -0.2) is 10.9 Å². The number of carbonyl (C=O) groups excluding carboxylic acids is 1. The van der Waals surface area contributed by atoms with E-state index in [0.29, 0.717) is 16.2 Å². The Bertz CT molecular complexity index is 440. The minimum atomic E-state index is -0.772. The second-order valence-electron chi connectivity index (χ2n) is 3.49. The molecule has 1 aromatic rings. The predicted octanol–water partition coefficient (Wildman–Crippen LogP) is 3.06. The van der Waals surface area contributed by atoms with Gasteiger partial charge in [0.1, 0.15) is 6.10 Å². The van der Waals surface area contributed by atoms with Gasteiger partial charge in [0.2, 0.25) is 0 Å². The van der Waals surface area contributed by atoms with Gasteiger partial charge in [-0.05, 0) is 37.6 Å². The van der Waals surface area contributed by atoms with Crippen molar-refractivity contribution in [1.29, 1.82) is 0 Å². The molecule has 16 heavy (non-hydrogen) atoms. The third-order valence-electron chi connectivity index (χ3n) is 2.20. The zero-order valence-corrected chi connectivity index (χ0v) is 9.95. The van der Waals surface area contributed by atoms with Crippen molar-refractivity contribution in [3.05, 3.63) is 52.2 Å². The number of Topliss-reactive ketones (excluding diaryl/α,β-unsaturated/α-hetero) is 1. The molecule has 1 aromatic carbocycles. The molecule has 84 valence electrons. The quantitative estimate of drug-likeness (QED) is 0.647. The molecule has 0 aliphatic heterocycles. The van der Waals surface area contributed by atoms with E-state index in [2.05, 4.69) is 5.73 Å². The predicted molar refractivity (Wildman–Crippen MR) is 64.4 cm³/mol. The zero-order valence-electron chi connectivity index (χ0n) is 9.20. The minimum Gasteiger partial charge on any atom is -0.384 e. The molecule has 3 heteroatoms. The van der Waals surface area contributed by atoms with E-state index in [-0.39, 0.29) is 5.78 Å². The summed E-state index contributed by atoms with van der Waals surface area (Å²) in [5, 5.41) is 10.4. The maximum Gasteiger partial charge on any atom is 0.163 e. The van der Waals surface area contributed by atoms with Crippen molar-refractivity contribution in [3.63, 3.8) is 0 Å². The van der Waals surface area contributed by atoms with E-state index in [4.69, 9.17) is 11.6 Å². The van der Waals surface area contributed by atoms with Crippen molar-refractivity contribution >= 4 is 17.4 Å². The lowest BCUT2D eigenvalue weighted by Gasteiger charge is -2.04. The molecule has 0 bridgehead atoms. The van der Waals surface area contributed by atoms with Gasteiger partial charge in [-0.1, -0.05) is 23.7 Å². The van der Waals surface area contributed by atoms with Crippen molar-refractivity contribution in [2.75, 3.05) is 0 Å². The van der Waals surface area contributed by atoms with Gasteiger partial charge in [-0.25, -0.2) is 0 Å². The first-order valence-corrected chi connectivity index (χ1v) is 5.26. The Morgan fingerprint density at radius 1 is 1.38 bits per heavy atom. The number of carbonyl (C=O) groups is 1. The summed E-state index contributed by atoms with van der Waals surface area (Å²) in [5.41, 5.74) is 3.96. The van der Waals surface area contributed by atoms with Crippen LogP contribution in [0.15, 0.2) is 41.6 Å². The largest absolute Gasteiger partial charge is 0.384 e. The lowest BCUT2D eigenvalue weighted by Crippen LogP contribution is -1.93. The number of aliphatic hydroxyl groups excluding tert-OH is 1. The van der Waals surface area contributed by atoms with Crippen LogP contribution < -0.4 is 0 Å². The highest BCUT2D eigenvalue weighted by atomic mass is 35.5. The monoisotopic (exact) mass is 236 g/mol. The molecular formula is C13H13ClO2. The highest BCUT2D eigenvalue weighted by Crippen LogP contribution is 2.17. The average Bonchev–Trinajstić information content (AvgIpc) is 2.26. The van der Waals surface area contributed by atoms with Crippen LogP contribution in [0.25, 0.3) is 0 Å². The topological polar surface area (TPSA) is 37.3 Å². The number of benzene rings is 1. The molecule has 1 unspecified atom stereocenters. The van der Waals surface area contributed by atoms with Crippen LogP contribution in [0, 0.1) is 0 Å². The molecule has 1 rings (SSSR count). The number of hydrogen-bond donors (Lipinski definition) is 1. The molecule has 0 amide bonds. The summed E-state index contributed by atoms with van der Waals surface area (Å²) < 4.78 is 0. The highest BCUT2D eigenvalue weighted by Gasteiger charge is 2.02. The molecule has 2 nitrogen and oxygen atoms in total. The minimum absolute atomic E-state index is 0.0560. The Balaban J connectivity index is 2.88. The van der Waals surface area contributed by atoms with Gasteiger partial charge < -0.3 is 5.11 Å². The summed E-state index contributed by atoms with van der Waals surface area (Å²) in [6, 6.07) is 6.87. The first-order valence-electron chi connectivity index (χ1n) is 4.88. The van der Waals surface area contributed by atoms with E-state index in [9.17, 15) is 9.90 Å². The molecule has 0 spiro atoms. The first-order chi connectivity index (χ1) is 7.50. The van der Waals surface area contributed by atoms with E-state index >= 15 is 0 Å². The molecule has 1 atom stereocenters. The van der Waals surface area contributed by atoms with Crippen LogP contribution in [0.1, 0.15) is 25.5 Å². The van der Waals surface area contributed by atoms with Crippen LogP contribution in [0.4, 0.5) is 0 Å². The van der Waals surface area contributed by atoms with Gasteiger partial charge in [-0.2, -0.15) is 0 Å². The summed E-state index contributed by atoms with van der Waals surface area (Å²) in [5.74, 6) is -0.0560. The van der Waals surface area contributed by atoms with Crippen molar-refractivity contribution < 1.29 is 9.90 Å². The molecule has 0 heterocycles. The van der Waals surface area contributed by atoms with E-state index in [1.807, 2.05) is 0 Å². The fourth-order valence-electron chi connectivity index (χ4n) is 1.06. The average molecular weight is 237 g/mol. The van der Waals surface area contributed by atoms with Crippen molar-refractivity contribution in [2.45, 2.75) is 20.0 Å². The SMILES string of the molecule is CC(=O)C(C)=C=CC(O)c1ccc(Cl)cc1. The second kappa shape index (κ2) is 5.66. The molecule has 0 saturated heterocycles. The van der Waals surface area contributed by atoms with Crippen LogP contribution in [-0.2, 0) is 4.79 Å². The van der Waals surface area contributed by atoms with E-state index in [1.54, 1.807) is 31.2 Å². The van der Waals surface area contributed by atoms with Crippen LogP contribution in [0.2, 0.25) is 5.02 Å². The Labute approximate surface area is 99.9 Å². The number of ketones is 1. The second-order valence-corrected chi connectivity index (χ2v) is 3.93. The molecule has 0 fully saturated rings. The van der Waals surface area contributed by atoms with Gasteiger partial charge in [-0.3, -0.25) is 4.79 Å². The highest BCUT2D eigenvalue weighted by molar-refractivity contribution is 6.30. The Morgan fingerprint density at radius 2 is 1.94 bits per heavy atom. The van der Waals surface area contributed by atoms with Gasteiger partial charge in [0.25, 0.3) is 0 Å². The zero-order chi connectivity index (χ0) is 12.1. The van der Waals surface area contributed by atoms with Crippen LogP contribution >= 0.6 is 11.6 Å². The summed E-state index contributed by atoms with van der Waals surface area (Å²) in [7, 11) is 0. The fraction of sp³-hybridized carbons (Fsp3) is 0.231. The molecule has 0 aliphatic carbocycles. The third-order valence-corrected chi connectivity index (χ3v) is 2.45. The summed E-state index contributed by atoms with van der Waals surface area (Å²) in [6.45, 7) is 3.12. The molecular weight excluding hydrogens is 224 g/mol. The van der Waals surface area contributed by atoms with Crippen LogP contribution in [0.5, 0.6) is 0 Å². The number of aliphatic hydroxyl groups is 1.